The molecule has 1 aromatic carbocycles. The van der Waals surface area contributed by atoms with E-state index in [1.165, 1.54) is 0 Å². The van der Waals surface area contributed by atoms with Gasteiger partial charge in [0.05, 0.1) is 16.7 Å². The molecule has 2 amide bonds. The number of amides is 2. The van der Waals surface area contributed by atoms with Crippen molar-refractivity contribution < 1.29 is 19.1 Å². The molecule has 4 aromatic rings. The van der Waals surface area contributed by atoms with Gasteiger partial charge >= 0.3 is 12.2 Å². The second-order valence-electron chi connectivity index (χ2n) is 10.6. The fourth-order valence-corrected chi connectivity index (χ4v) is 4.38. The molecule has 0 aliphatic carbocycles. The Morgan fingerprint density at radius 2 is 1.68 bits per heavy atom. The molecule has 1 N–H and O–H groups in total. The molecule has 0 atom stereocenters. The number of rotatable bonds is 4. The van der Waals surface area contributed by atoms with Crippen LogP contribution in [0.4, 0.5) is 15.4 Å². The number of fused-ring (bicyclic) bond motifs is 1. The molecule has 0 bridgehead atoms. The minimum Gasteiger partial charge on any atom is -0.443 e. The third-order valence-corrected chi connectivity index (χ3v) is 5.83. The summed E-state index contributed by atoms with van der Waals surface area (Å²) in [6, 6.07) is 17.8. The topological polar surface area (TPSA) is 85.7 Å². The molecule has 3 aromatic heterocycles. The van der Waals surface area contributed by atoms with E-state index in [0.29, 0.717) is 12.1 Å². The van der Waals surface area contributed by atoms with Crippen molar-refractivity contribution in [2.24, 2.45) is 0 Å². The molecule has 194 valence electrons. The van der Waals surface area contributed by atoms with Gasteiger partial charge in [0.2, 0.25) is 0 Å². The van der Waals surface area contributed by atoms with Gasteiger partial charge in [0.25, 0.3) is 0 Å². The van der Waals surface area contributed by atoms with E-state index in [1.807, 2.05) is 35.7 Å². The Bertz CT molecular complexity index is 1380. The summed E-state index contributed by atoms with van der Waals surface area (Å²) in [6.07, 6.45) is -1.56. The normalized spacial score (nSPS) is 11.8. The summed E-state index contributed by atoms with van der Waals surface area (Å²) >= 11 is 1.62. The average Bonchev–Trinajstić information content (AvgIpc) is 3.44. The van der Waals surface area contributed by atoms with Crippen LogP contribution in [0.3, 0.4) is 0 Å². The van der Waals surface area contributed by atoms with Crippen molar-refractivity contribution in [3.8, 4) is 11.3 Å². The van der Waals surface area contributed by atoms with Crippen molar-refractivity contribution in [2.45, 2.75) is 59.3 Å². The van der Waals surface area contributed by atoms with Crippen molar-refractivity contribution in [2.75, 3.05) is 5.01 Å². The molecule has 0 radical (unpaired) electrons. The highest BCUT2D eigenvalue weighted by Gasteiger charge is 2.28. The van der Waals surface area contributed by atoms with Gasteiger partial charge in [0, 0.05) is 17.5 Å². The smallest absolute Gasteiger partial charge is 0.435 e. The first kappa shape index (κ1) is 26.2. The second kappa shape index (κ2) is 10.3. The molecule has 0 spiro atoms. The number of anilines is 1. The second-order valence-corrected chi connectivity index (χ2v) is 11.4. The highest BCUT2D eigenvalue weighted by molar-refractivity contribution is 7.08. The number of ether oxygens (including phenoxy) is 2. The van der Waals surface area contributed by atoms with Crippen LogP contribution in [0.1, 0.15) is 47.1 Å². The number of nitrogens with one attached hydrogen (secondary N) is 1. The largest absolute Gasteiger partial charge is 0.443 e. The fourth-order valence-electron chi connectivity index (χ4n) is 3.73. The monoisotopic (exact) mass is 520 g/mol. The number of hydrazine groups is 1. The van der Waals surface area contributed by atoms with Crippen LogP contribution in [-0.4, -0.2) is 32.9 Å². The van der Waals surface area contributed by atoms with Crippen molar-refractivity contribution in [1.29, 1.82) is 0 Å². The molecule has 4 rings (SSSR count). The Morgan fingerprint density at radius 3 is 2.30 bits per heavy atom. The molecule has 0 saturated heterocycles. The number of nitrogens with zero attached hydrogens (tertiary/aromatic N) is 3. The van der Waals surface area contributed by atoms with Gasteiger partial charge in [0.15, 0.2) is 5.82 Å². The van der Waals surface area contributed by atoms with Gasteiger partial charge in [-0.3, -0.25) is 0 Å². The summed E-state index contributed by atoms with van der Waals surface area (Å²) in [7, 11) is 0. The SMILES string of the molecule is CC(C)(C)OC(=O)NN(C(=O)OC(C)(C)C)c1ccc2c(cc(-c3ccsc3)n2Cc2ccccc2)n1. The summed E-state index contributed by atoms with van der Waals surface area (Å²) in [5.41, 5.74) is 5.79. The van der Waals surface area contributed by atoms with Crippen LogP contribution in [0.2, 0.25) is 0 Å². The highest BCUT2D eigenvalue weighted by Crippen LogP contribution is 2.31. The third-order valence-electron chi connectivity index (χ3n) is 5.15. The zero-order valence-corrected chi connectivity index (χ0v) is 22.8. The van der Waals surface area contributed by atoms with Gasteiger partial charge in [-0.2, -0.15) is 16.3 Å². The number of pyridine rings is 1. The predicted molar refractivity (Wildman–Crippen MR) is 147 cm³/mol. The van der Waals surface area contributed by atoms with E-state index in [9.17, 15) is 9.59 Å². The maximum absolute atomic E-state index is 13.1. The maximum Gasteiger partial charge on any atom is 0.435 e. The summed E-state index contributed by atoms with van der Waals surface area (Å²) in [5, 5.41) is 5.11. The van der Waals surface area contributed by atoms with Crippen LogP contribution in [0.15, 0.2) is 65.4 Å². The lowest BCUT2D eigenvalue weighted by Gasteiger charge is -2.28. The Labute approximate surface area is 220 Å². The predicted octanol–water partition coefficient (Wildman–Crippen LogP) is 6.99. The zero-order chi connectivity index (χ0) is 26.8. The number of benzene rings is 1. The van der Waals surface area contributed by atoms with Gasteiger partial charge in [-0.15, -0.1) is 0 Å². The molecule has 3 heterocycles. The van der Waals surface area contributed by atoms with E-state index in [1.54, 1.807) is 58.9 Å². The van der Waals surface area contributed by atoms with Gasteiger partial charge in [-0.25, -0.2) is 20.0 Å². The van der Waals surface area contributed by atoms with E-state index < -0.39 is 23.4 Å². The van der Waals surface area contributed by atoms with Gasteiger partial charge in [-0.05, 0) is 76.8 Å². The number of hydrogen-bond donors (Lipinski definition) is 1. The van der Waals surface area contributed by atoms with E-state index in [2.05, 4.69) is 33.6 Å². The highest BCUT2D eigenvalue weighted by atomic mass is 32.1. The number of aromatic nitrogens is 2. The first-order valence-electron chi connectivity index (χ1n) is 12.0. The molecule has 0 aliphatic rings. The summed E-state index contributed by atoms with van der Waals surface area (Å²) < 4.78 is 13.1. The maximum atomic E-state index is 13.1. The van der Waals surface area contributed by atoms with Crippen molar-refractivity contribution >= 4 is 40.4 Å². The van der Waals surface area contributed by atoms with Crippen molar-refractivity contribution in [3.63, 3.8) is 0 Å². The minimum absolute atomic E-state index is 0.210. The molecular weight excluding hydrogens is 488 g/mol. The van der Waals surface area contributed by atoms with Crippen LogP contribution in [0.25, 0.3) is 22.3 Å². The summed E-state index contributed by atoms with van der Waals surface area (Å²) in [6.45, 7) is 11.2. The quantitative estimate of drug-likeness (QED) is 0.293. The van der Waals surface area contributed by atoms with Crippen LogP contribution in [0, 0.1) is 0 Å². The van der Waals surface area contributed by atoms with E-state index in [0.717, 1.165) is 27.3 Å². The molecule has 8 nitrogen and oxygen atoms in total. The molecule has 0 aliphatic heterocycles. The standard InChI is InChI=1S/C28H32N4O4S/c1-27(2,3)35-25(33)30-32(26(34)36-28(4,5)6)24-13-12-22-21(29-24)16-23(20-14-15-37-18-20)31(22)17-19-10-8-7-9-11-19/h7-16,18H,17H2,1-6H3,(H,30,33). The lowest BCUT2D eigenvalue weighted by atomic mass is 10.2. The lowest BCUT2D eigenvalue weighted by Crippen LogP contribution is -2.50. The van der Waals surface area contributed by atoms with Crippen LogP contribution >= 0.6 is 11.3 Å². The van der Waals surface area contributed by atoms with Crippen molar-refractivity contribution in [1.82, 2.24) is 15.0 Å². The number of carbonyl (C=O) groups is 2. The van der Waals surface area contributed by atoms with E-state index in [4.69, 9.17) is 14.5 Å². The Hall–Kier alpha value is -3.85. The number of thiophene rings is 1. The minimum atomic E-state index is -0.791. The first-order chi connectivity index (χ1) is 17.4. The number of hydrogen-bond acceptors (Lipinski definition) is 6. The molecule has 37 heavy (non-hydrogen) atoms. The van der Waals surface area contributed by atoms with Crippen molar-refractivity contribution in [3.05, 3.63) is 70.9 Å². The average molecular weight is 521 g/mol. The first-order valence-corrected chi connectivity index (χ1v) is 12.9. The molecule has 0 unspecified atom stereocenters. The van der Waals surface area contributed by atoms with Gasteiger partial charge < -0.3 is 14.0 Å². The third kappa shape index (κ3) is 6.68. The zero-order valence-electron chi connectivity index (χ0n) is 21.9. The van der Waals surface area contributed by atoms with Crippen LogP contribution in [0.5, 0.6) is 0 Å². The Kier molecular flexibility index (Phi) is 7.27. The Morgan fingerprint density at radius 1 is 0.973 bits per heavy atom. The molecule has 0 saturated carbocycles. The molecule has 9 heteroatoms. The van der Waals surface area contributed by atoms with E-state index in [-0.39, 0.29) is 5.82 Å². The van der Waals surface area contributed by atoms with E-state index >= 15 is 0 Å². The molecular formula is C28H32N4O4S. The summed E-state index contributed by atoms with van der Waals surface area (Å²) in [4.78, 5) is 30.4. The fraction of sp³-hybridized carbons (Fsp3) is 0.321. The lowest BCUT2D eigenvalue weighted by molar-refractivity contribution is 0.0424. The Balaban J connectivity index is 1.76. The van der Waals surface area contributed by atoms with Crippen LogP contribution < -0.4 is 10.4 Å². The van der Waals surface area contributed by atoms with Gasteiger partial charge in [0.1, 0.15) is 11.2 Å². The number of carbonyl (C=O) groups excluding carboxylic acids is 2. The van der Waals surface area contributed by atoms with Crippen LogP contribution in [-0.2, 0) is 16.0 Å². The summed E-state index contributed by atoms with van der Waals surface area (Å²) in [5.74, 6) is 0.210. The molecule has 0 fully saturated rings. The van der Waals surface area contributed by atoms with Gasteiger partial charge in [-0.1, -0.05) is 30.3 Å².